The van der Waals surface area contributed by atoms with Gasteiger partial charge in [-0.2, -0.15) is 0 Å². The number of nitrogens with two attached hydrogens (primary N) is 1. The Hall–Kier alpha value is -1.62. The molecule has 0 spiro atoms. The second-order valence-electron chi connectivity index (χ2n) is 5.77. The fraction of sp³-hybridized carbons (Fsp3) is 0.600. The number of nitrogens with one attached hydrogen (secondary N) is 1. The lowest BCUT2D eigenvalue weighted by molar-refractivity contribution is 0.274. The van der Waals surface area contributed by atoms with Gasteiger partial charge in [0, 0.05) is 12.7 Å². The molecule has 1 fully saturated rings. The minimum absolute atomic E-state index is 0.0636. The molecule has 5 heteroatoms. The van der Waals surface area contributed by atoms with E-state index >= 15 is 0 Å². The van der Waals surface area contributed by atoms with Crippen LogP contribution < -0.4 is 11.1 Å². The minimum Gasteiger partial charge on any atom is -0.409 e. The highest BCUT2D eigenvalue weighted by atomic mass is 16.4. The van der Waals surface area contributed by atoms with Crippen LogP contribution in [0.15, 0.2) is 23.5 Å². The van der Waals surface area contributed by atoms with Crippen molar-refractivity contribution in [2.24, 2.45) is 22.7 Å². The van der Waals surface area contributed by atoms with Crippen LogP contribution in [0.2, 0.25) is 0 Å². The summed E-state index contributed by atoms with van der Waals surface area (Å²) in [6.45, 7) is 4.06. The van der Waals surface area contributed by atoms with Crippen LogP contribution in [0.25, 0.3) is 0 Å². The summed E-state index contributed by atoms with van der Waals surface area (Å²) in [5.74, 6) is 1.68. The average molecular weight is 276 g/mol. The molecule has 0 aliphatic heterocycles. The van der Waals surface area contributed by atoms with Gasteiger partial charge in [-0.15, -0.1) is 0 Å². The van der Waals surface area contributed by atoms with Gasteiger partial charge in [0.2, 0.25) is 0 Å². The first-order valence-corrected chi connectivity index (χ1v) is 7.33. The first-order valence-electron chi connectivity index (χ1n) is 7.33. The Morgan fingerprint density at radius 2 is 2.40 bits per heavy atom. The van der Waals surface area contributed by atoms with Crippen LogP contribution >= 0.6 is 0 Å². The van der Waals surface area contributed by atoms with Gasteiger partial charge in [-0.05, 0) is 42.9 Å². The maximum absolute atomic E-state index is 8.77. The van der Waals surface area contributed by atoms with Crippen LogP contribution in [-0.4, -0.2) is 22.6 Å². The van der Waals surface area contributed by atoms with Crippen molar-refractivity contribution in [1.82, 2.24) is 10.3 Å². The average Bonchev–Trinajstić information content (AvgIpc) is 2.47. The molecule has 2 unspecified atom stereocenters. The van der Waals surface area contributed by atoms with Gasteiger partial charge in [0.15, 0.2) is 5.84 Å². The molecular formula is C15H24N4O. The van der Waals surface area contributed by atoms with Gasteiger partial charge in [-0.3, -0.25) is 4.98 Å². The van der Waals surface area contributed by atoms with E-state index in [-0.39, 0.29) is 5.84 Å². The lowest BCUT2D eigenvalue weighted by Crippen LogP contribution is -2.27. The van der Waals surface area contributed by atoms with Gasteiger partial charge in [0.1, 0.15) is 5.69 Å². The fourth-order valence-electron chi connectivity index (χ4n) is 3.02. The highest BCUT2D eigenvalue weighted by molar-refractivity contribution is 5.96. The Balaban J connectivity index is 1.88. The summed E-state index contributed by atoms with van der Waals surface area (Å²) in [5, 5.41) is 15.3. The molecular weight excluding hydrogens is 252 g/mol. The van der Waals surface area contributed by atoms with Gasteiger partial charge in [0.25, 0.3) is 0 Å². The summed E-state index contributed by atoms with van der Waals surface area (Å²) in [6.07, 6.45) is 6.99. The molecule has 2 rings (SSSR count). The van der Waals surface area contributed by atoms with Crippen molar-refractivity contribution in [2.75, 3.05) is 6.54 Å². The van der Waals surface area contributed by atoms with Crippen molar-refractivity contribution in [1.29, 1.82) is 0 Å². The van der Waals surface area contributed by atoms with E-state index in [1.165, 1.54) is 25.7 Å². The zero-order chi connectivity index (χ0) is 14.4. The van der Waals surface area contributed by atoms with E-state index in [1.807, 2.05) is 12.1 Å². The van der Waals surface area contributed by atoms with Gasteiger partial charge in [0.05, 0.1) is 0 Å². The molecule has 1 saturated carbocycles. The molecule has 0 saturated heterocycles. The number of hydrogen-bond acceptors (Lipinski definition) is 4. The zero-order valence-electron chi connectivity index (χ0n) is 12.0. The maximum atomic E-state index is 8.77. The number of oxime groups is 1. The van der Waals surface area contributed by atoms with Crippen molar-refractivity contribution in [3.05, 3.63) is 29.6 Å². The van der Waals surface area contributed by atoms with Crippen molar-refractivity contribution >= 4 is 5.84 Å². The number of pyridine rings is 1. The topological polar surface area (TPSA) is 83.5 Å². The Bertz CT molecular complexity index is 461. The number of rotatable bonds is 5. The van der Waals surface area contributed by atoms with Crippen molar-refractivity contribution in [2.45, 2.75) is 39.2 Å². The largest absolute Gasteiger partial charge is 0.409 e. The van der Waals surface area contributed by atoms with E-state index in [1.54, 1.807) is 6.20 Å². The molecule has 1 aliphatic rings. The van der Waals surface area contributed by atoms with Crippen molar-refractivity contribution < 1.29 is 5.21 Å². The van der Waals surface area contributed by atoms with Crippen LogP contribution in [-0.2, 0) is 6.54 Å². The van der Waals surface area contributed by atoms with E-state index in [2.05, 4.69) is 22.4 Å². The molecule has 4 N–H and O–H groups in total. The molecule has 0 bridgehead atoms. The third-order valence-electron chi connectivity index (χ3n) is 4.04. The van der Waals surface area contributed by atoms with Crippen LogP contribution in [0, 0.1) is 11.8 Å². The second kappa shape index (κ2) is 7.24. The normalized spacial score (nSPS) is 23.8. The summed E-state index contributed by atoms with van der Waals surface area (Å²) >= 11 is 0. The smallest absolute Gasteiger partial charge is 0.189 e. The summed E-state index contributed by atoms with van der Waals surface area (Å²) in [5.41, 5.74) is 7.16. The first kappa shape index (κ1) is 14.8. The second-order valence-corrected chi connectivity index (χ2v) is 5.77. The third kappa shape index (κ3) is 3.93. The Labute approximate surface area is 120 Å². The summed E-state index contributed by atoms with van der Waals surface area (Å²) in [6, 6.07) is 3.82. The standard InChI is InChI=1S/C15H24N4O/c1-11-4-2-5-12(8-11)9-17-10-13-6-3-7-18-14(13)15(16)19-20/h3,6-7,11-12,17,20H,2,4-5,8-10H2,1H3,(H2,16,19). The van der Waals surface area contributed by atoms with Crippen LogP contribution in [0.5, 0.6) is 0 Å². The predicted octanol–water partition coefficient (Wildman–Crippen LogP) is 2.09. The third-order valence-corrected chi connectivity index (χ3v) is 4.04. The van der Waals surface area contributed by atoms with Crippen LogP contribution in [0.3, 0.4) is 0 Å². The molecule has 0 amide bonds. The molecule has 20 heavy (non-hydrogen) atoms. The molecule has 1 aromatic rings. The molecule has 1 heterocycles. The lowest BCUT2D eigenvalue weighted by Gasteiger charge is -2.26. The van der Waals surface area contributed by atoms with Gasteiger partial charge >= 0.3 is 0 Å². The van der Waals surface area contributed by atoms with Gasteiger partial charge in [-0.1, -0.05) is 31.0 Å². The minimum atomic E-state index is 0.0636. The predicted molar refractivity (Wildman–Crippen MR) is 79.6 cm³/mol. The molecule has 1 aromatic heterocycles. The number of aromatic nitrogens is 1. The molecule has 2 atom stereocenters. The summed E-state index contributed by atoms with van der Waals surface area (Å²) in [7, 11) is 0. The van der Waals surface area contributed by atoms with E-state index in [0.29, 0.717) is 12.2 Å². The Kier molecular flexibility index (Phi) is 5.35. The van der Waals surface area contributed by atoms with E-state index in [9.17, 15) is 0 Å². The molecule has 1 aliphatic carbocycles. The van der Waals surface area contributed by atoms with E-state index < -0.39 is 0 Å². The number of nitrogens with zero attached hydrogens (tertiary/aromatic N) is 2. The molecule has 5 nitrogen and oxygen atoms in total. The van der Waals surface area contributed by atoms with Crippen molar-refractivity contribution in [3.63, 3.8) is 0 Å². The first-order chi connectivity index (χ1) is 9.70. The van der Waals surface area contributed by atoms with Crippen LogP contribution in [0.4, 0.5) is 0 Å². The summed E-state index contributed by atoms with van der Waals surface area (Å²) < 4.78 is 0. The highest BCUT2D eigenvalue weighted by Gasteiger charge is 2.18. The number of amidine groups is 1. The highest BCUT2D eigenvalue weighted by Crippen LogP contribution is 2.27. The quantitative estimate of drug-likeness (QED) is 0.333. The summed E-state index contributed by atoms with van der Waals surface area (Å²) in [4.78, 5) is 4.17. The molecule has 110 valence electrons. The molecule has 0 aromatic carbocycles. The van der Waals surface area contributed by atoms with E-state index in [0.717, 1.165) is 23.9 Å². The SMILES string of the molecule is CC1CCCC(CNCc2cccnc2/C(N)=N/O)C1. The number of hydrogen-bond donors (Lipinski definition) is 3. The Morgan fingerprint density at radius 1 is 1.55 bits per heavy atom. The van der Waals surface area contributed by atoms with Crippen LogP contribution in [0.1, 0.15) is 43.9 Å². The lowest BCUT2D eigenvalue weighted by atomic mass is 9.82. The Morgan fingerprint density at radius 3 is 3.15 bits per heavy atom. The fourth-order valence-corrected chi connectivity index (χ4v) is 3.02. The molecule has 0 radical (unpaired) electrons. The zero-order valence-corrected chi connectivity index (χ0v) is 12.0. The maximum Gasteiger partial charge on any atom is 0.189 e. The van der Waals surface area contributed by atoms with Crippen molar-refractivity contribution in [3.8, 4) is 0 Å². The van der Waals surface area contributed by atoms with E-state index in [4.69, 9.17) is 10.9 Å². The van der Waals surface area contributed by atoms with Gasteiger partial charge in [-0.25, -0.2) is 0 Å². The van der Waals surface area contributed by atoms with Gasteiger partial charge < -0.3 is 16.3 Å². The monoisotopic (exact) mass is 276 g/mol.